The van der Waals surface area contributed by atoms with Crippen LogP contribution in [0.5, 0.6) is 0 Å². The van der Waals surface area contributed by atoms with Gasteiger partial charge < -0.3 is 11.1 Å². The highest BCUT2D eigenvalue weighted by Crippen LogP contribution is 2.11. The summed E-state index contributed by atoms with van der Waals surface area (Å²) < 4.78 is 1.54. The van der Waals surface area contributed by atoms with E-state index in [9.17, 15) is 4.79 Å². The number of rotatable bonds is 3. The lowest BCUT2D eigenvalue weighted by Crippen LogP contribution is -2.17. The number of hydrogen-bond donors (Lipinski definition) is 3. The van der Waals surface area contributed by atoms with E-state index in [-0.39, 0.29) is 10.9 Å². The standard InChI is InChI=1S/C9H10N6OS/c1-15-3-2-6(14-15)9(16)12-8-5(7(10)17)4-11-13-8/h2-4H,1H3,(H2,10,17)(H2,11,12,13,16). The van der Waals surface area contributed by atoms with E-state index in [0.717, 1.165) is 0 Å². The van der Waals surface area contributed by atoms with Crippen LogP contribution in [-0.2, 0) is 7.05 Å². The van der Waals surface area contributed by atoms with Crippen LogP contribution >= 0.6 is 12.2 Å². The number of nitrogens with one attached hydrogen (secondary N) is 2. The molecule has 0 radical (unpaired) electrons. The van der Waals surface area contributed by atoms with E-state index < -0.39 is 0 Å². The van der Waals surface area contributed by atoms with Crippen LogP contribution in [0.3, 0.4) is 0 Å². The monoisotopic (exact) mass is 250 g/mol. The number of H-pyrrole nitrogens is 1. The fraction of sp³-hybridized carbons (Fsp3) is 0.111. The minimum Gasteiger partial charge on any atom is -0.389 e. The van der Waals surface area contributed by atoms with Crippen molar-refractivity contribution in [2.45, 2.75) is 0 Å². The van der Waals surface area contributed by atoms with Crippen molar-refractivity contribution in [1.82, 2.24) is 20.0 Å². The summed E-state index contributed by atoms with van der Waals surface area (Å²) >= 11 is 4.82. The number of carbonyl (C=O) groups excluding carboxylic acids is 1. The molecule has 0 saturated heterocycles. The number of nitrogens with two attached hydrogens (primary N) is 1. The number of amides is 1. The number of carbonyl (C=O) groups is 1. The number of anilines is 1. The molecule has 0 atom stereocenters. The molecule has 0 aliphatic rings. The molecule has 1 amide bonds. The number of thiocarbonyl (C=S) groups is 1. The van der Waals surface area contributed by atoms with Crippen molar-refractivity contribution in [3.63, 3.8) is 0 Å². The van der Waals surface area contributed by atoms with Gasteiger partial charge in [0, 0.05) is 13.2 Å². The maximum atomic E-state index is 11.8. The predicted octanol–water partition coefficient (Wildman–Crippen LogP) is 0.0297. The maximum Gasteiger partial charge on any atom is 0.277 e. The second-order valence-electron chi connectivity index (χ2n) is 3.35. The van der Waals surface area contributed by atoms with Crippen LogP contribution in [-0.4, -0.2) is 30.9 Å². The first-order chi connectivity index (χ1) is 8.08. The minimum absolute atomic E-state index is 0.162. The minimum atomic E-state index is -0.354. The molecule has 2 aromatic rings. The second-order valence-corrected chi connectivity index (χ2v) is 3.79. The molecule has 17 heavy (non-hydrogen) atoms. The third-order valence-electron chi connectivity index (χ3n) is 2.09. The molecule has 0 unspecified atom stereocenters. The molecule has 0 bridgehead atoms. The zero-order valence-corrected chi connectivity index (χ0v) is 9.78. The van der Waals surface area contributed by atoms with E-state index in [2.05, 4.69) is 20.6 Å². The lowest BCUT2D eigenvalue weighted by molar-refractivity contribution is 0.102. The Morgan fingerprint density at radius 2 is 2.41 bits per heavy atom. The van der Waals surface area contributed by atoms with Crippen LogP contribution in [0.25, 0.3) is 0 Å². The Morgan fingerprint density at radius 1 is 1.65 bits per heavy atom. The van der Waals surface area contributed by atoms with Gasteiger partial charge in [-0.3, -0.25) is 14.6 Å². The van der Waals surface area contributed by atoms with Gasteiger partial charge in [-0.25, -0.2) is 0 Å². The van der Waals surface area contributed by atoms with Gasteiger partial charge in [0.1, 0.15) is 10.8 Å². The van der Waals surface area contributed by atoms with Gasteiger partial charge in [-0.05, 0) is 6.07 Å². The van der Waals surface area contributed by atoms with E-state index in [0.29, 0.717) is 17.1 Å². The van der Waals surface area contributed by atoms with Gasteiger partial charge in [0.15, 0.2) is 5.69 Å². The van der Waals surface area contributed by atoms with Gasteiger partial charge in [-0.2, -0.15) is 10.2 Å². The second kappa shape index (κ2) is 4.34. The average Bonchev–Trinajstić information content (AvgIpc) is 2.86. The summed E-state index contributed by atoms with van der Waals surface area (Å²) in [6.45, 7) is 0. The molecule has 8 heteroatoms. The highest BCUT2D eigenvalue weighted by Gasteiger charge is 2.14. The Kier molecular flexibility index (Phi) is 2.88. The third-order valence-corrected chi connectivity index (χ3v) is 2.31. The van der Waals surface area contributed by atoms with Gasteiger partial charge in [-0.15, -0.1) is 0 Å². The Morgan fingerprint density at radius 3 is 3.00 bits per heavy atom. The first-order valence-corrected chi connectivity index (χ1v) is 5.13. The zero-order chi connectivity index (χ0) is 12.4. The van der Waals surface area contributed by atoms with Crippen molar-refractivity contribution in [3.8, 4) is 0 Å². The molecule has 2 heterocycles. The van der Waals surface area contributed by atoms with Crippen molar-refractivity contribution < 1.29 is 4.79 Å². The number of hydrogen-bond acceptors (Lipinski definition) is 4. The molecule has 0 aliphatic heterocycles. The molecule has 88 valence electrons. The Hall–Kier alpha value is -2.22. The van der Waals surface area contributed by atoms with Crippen LogP contribution in [0.1, 0.15) is 16.1 Å². The number of aromatic nitrogens is 4. The van der Waals surface area contributed by atoms with Crippen molar-refractivity contribution in [1.29, 1.82) is 0 Å². The first kappa shape index (κ1) is 11.3. The molecule has 2 rings (SSSR count). The van der Waals surface area contributed by atoms with Crippen molar-refractivity contribution in [2.24, 2.45) is 12.8 Å². The molecule has 7 nitrogen and oxygen atoms in total. The van der Waals surface area contributed by atoms with E-state index in [1.54, 1.807) is 19.3 Å². The van der Waals surface area contributed by atoms with Crippen LogP contribution in [0.4, 0.5) is 5.82 Å². The van der Waals surface area contributed by atoms with Crippen molar-refractivity contribution in [3.05, 3.63) is 29.7 Å². The molecule has 0 aliphatic carbocycles. The molecular weight excluding hydrogens is 240 g/mol. The van der Waals surface area contributed by atoms with E-state index >= 15 is 0 Å². The summed E-state index contributed by atoms with van der Waals surface area (Å²) in [7, 11) is 1.73. The number of aryl methyl sites for hydroxylation is 1. The molecule has 0 saturated carbocycles. The van der Waals surface area contributed by atoms with Crippen LogP contribution < -0.4 is 11.1 Å². The topological polar surface area (TPSA) is 102 Å². The average molecular weight is 250 g/mol. The smallest absolute Gasteiger partial charge is 0.277 e. The lowest BCUT2D eigenvalue weighted by Gasteiger charge is -2.02. The molecule has 0 spiro atoms. The summed E-state index contributed by atoms with van der Waals surface area (Å²) in [5.41, 5.74) is 6.27. The van der Waals surface area contributed by atoms with Gasteiger partial charge >= 0.3 is 0 Å². The first-order valence-electron chi connectivity index (χ1n) is 4.72. The van der Waals surface area contributed by atoms with E-state index in [1.165, 1.54) is 10.9 Å². The van der Waals surface area contributed by atoms with E-state index in [4.69, 9.17) is 18.0 Å². The number of nitrogens with zero attached hydrogens (tertiary/aromatic N) is 3. The summed E-state index contributed by atoms with van der Waals surface area (Å²) in [6.07, 6.45) is 3.13. The zero-order valence-electron chi connectivity index (χ0n) is 8.97. The highest BCUT2D eigenvalue weighted by atomic mass is 32.1. The fourth-order valence-electron chi connectivity index (χ4n) is 1.28. The summed E-state index contributed by atoms with van der Waals surface area (Å²) in [4.78, 5) is 11.9. The molecule has 0 aromatic carbocycles. The Bertz CT molecular complexity index is 572. The highest BCUT2D eigenvalue weighted by molar-refractivity contribution is 7.80. The third kappa shape index (κ3) is 2.31. The van der Waals surface area contributed by atoms with E-state index in [1.807, 2.05) is 0 Å². The van der Waals surface area contributed by atoms with Crippen LogP contribution in [0.2, 0.25) is 0 Å². The quantitative estimate of drug-likeness (QED) is 0.667. The van der Waals surface area contributed by atoms with Gasteiger partial charge in [0.2, 0.25) is 0 Å². The normalized spacial score (nSPS) is 10.2. The van der Waals surface area contributed by atoms with Gasteiger partial charge in [-0.1, -0.05) is 12.2 Å². The summed E-state index contributed by atoms with van der Waals surface area (Å²) in [5, 5.41) is 12.9. The van der Waals surface area contributed by atoms with Crippen molar-refractivity contribution >= 4 is 28.9 Å². The predicted molar refractivity (Wildman–Crippen MR) is 65.6 cm³/mol. The Labute approximate surface area is 102 Å². The summed E-state index contributed by atoms with van der Waals surface area (Å²) in [6, 6.07) is 1.60. The van der Waals surface area contributed by atoms with Gasteiger partial charge in [0.25, 0.3) is 5.91 Å². The molecule has 2 aromatic heterocycles. The molecule has 4 N–H and O–H groups in total. The largest absolute Gasteiger partial charge is 0.389 e. The van der Waals surface area contributed by atoms with Crippen LogP contribution in [0.15, 0.2) is 18.5 Å². The fourth-order valence-corrected chi connectivity index (χ4v) is 1.44. The maximum absolute atomic E-state index is 11.8. The summed E-state index contributed by atoms with van der Waals surface area (Å²) in [5.74, 6) is 0.0144. The van der Waals surface area contributed by atoms with Crippen molar-refractivity contribution in [2.75, 3.05) is 5.32 Å². The van der Waals surface area contributed by atoms with Crippen LogP contribution in [0, 0.1) is 0 Å². The number of aromatic amines is 1. The lowest BCUT2D eigenvalue weighted by atomic mass is 10.3. The Balaban J connectivity index is 2.18. The molecular formula is C9H10N6OS. The van der Waals surface area contributed by atoms with Gasteiger partial charge in [0.05, 0.1) is 11.8 Å². The molecule has 0 fully saturated rings. The SMILES string of the molecule is Cn1ccc(C(=O)Nc2[nH]ncc2C(N)=S)n1.